The van der Waals surface area contributed by atoms with Gasteiger partial charge in [-0.2, -0.15) is 0 Å². The molecule has 0 radical (unpaired) electrons. The standard InChI is InChI=1S/C21H23N3O4S/c1-6-27-21(26)18-17(16-12(3)22-14(5)23-20(16)29-18)24-19(25)13(4)28-15-9-7-8-11(2)10-15/h7-10,13H,6H2,1-5H3,(H,24,25). The van der Waals surface area contributed by atoms with Crippen molar-refractivity contribution in [2.75, 3.05) is 11.9 Å². The minimum absolute atomic E-state index is 0.233. The number of ether oxygens (including phenoxy) is 2. The highest BCUT2D eigenvalue weighted by atomic mass is 32.1. The molecular weight excluding hydrogens is 390 g/mol. The zero-order valence-corrected chi connectivity index (χ0v) is 17.8. The Labute approximate surface area is 173 Å². The molecular formula is C21H23N3O4S. The molecule has 0 aliphatic heterocycles. The molecule has 0 aliphatic carbocycles. The summed E-state index contributed by atoms with van der Waals surface area (Å²) in [5.74, 6) is 0.316. The van der Waals surface area contributed by atoms with Crippen molar-refractivity contribution in [2.24, 2.45) is 0 Å². The van der Waals surface area contributed by atoms with Gasteiger partial charge in [0, 0.05) is 0 Å². The van der Waals surface area contributed by atoms with Crippen LogP contribution in [0.25, 0.3) is 10.2 Å². The zero-order chi connectivity index (χ0) is 21.1. The van der Waals surface area contributed by atoms with Crippen LogP contribution in [0.5, 0.6) is 5.75 Å². The zero-order valence-electron chi connectivity index (χ0n) is 17.0. The van der Waals surface area contributed by atoms with Crippen molar-refractivity contribution in [2.45, 2.75) is 40.7 Å². The van der Waals surface area contributed by atoms with E-state index < -0.39 is 12.1 Å². The van der Waals surface area contributed by atoms with Crippen LogP contribution in [0.3, 0.4) is 0 Å². The number of hydrogen-bond acceptors (Lipinski definition) is 7. The fraction of sp³-hybridized carbons (Fsp3) is 0.333. The molecule has 7 nitrogen and oxygen atoms in total. The minimum Gasteiger partial charge on any atom is -0.481 e. The minimum atomic E-state index is -0.770. The lowest BCUT2D eigenvalue weighted by molar-refractivity contribution is -0.122. The summed E-state index contributed by atoms with van der Waals surface area (Å²) in [5, 5.41) is 3.47. The summed E-state index contributed by atoms with van der Waals surface area (Å²) in [6.07, 6.45) is -0.770. The van der Waals surface area contributed by atoms with Gasteiger partial charge in [-0.3, -0.25) is 4.79 Å². The van der Waals surface area contributed by atoms with Crippen molar-refractivity contribution < 1.29 is 19.1 Å². The third kappa shape index (κ3) is 4.54. The van der Waals surface area contributed by atoms with Crippen LogP contribution in [-0.2, 0) is 9.53 Å². The topological polar surface area (TPSA) is 90.4 Å². The number of anilines is 1. The van der Waals surface area contributed by atoms with Crippen molar-refractivity contribution >= 4 is 39.1 Å². The third-order valence-electron chi connectivity index (χ3n) is 4.22. The normalized spacial score (nSPS) is 11.9. The van der Waals surface area contributed by atoms with Crippen molar-refractivity contribution in [3.63, 3.8) is 0 Å². The first-order valence-corrected chi connectivity index (χ1v) is 10.1. The molecule has 0 saturated carbocycles. The number of rotatable bonds is 6. The summed E-state index contributed by atoms with van der Waals surface area (Å²) in [4.78, 5) is 35.0. The van der Waals surface area contributed by atoms with Crippen LogP contribution in [0.4, 0.5) is 5.69 Å². The molecule has 2 heterocycles. The number of thiophene rings is 1. The number of benzene rings is 1. The average molecular weight is 413 g/mol. The quantitative estimate of drug-likeness (QED) is 0.609. The first kappa shape index (κ1) is 20.7. The van der Waals surface area contributed by atoms with E-state index in [0.29, 0.717) is 38.0 Å². The van der Waals surface area contributed by atoms with E-state index in [1.165, 1.54) is 11.3 Å². The van der Waals surface area contributed by atoms with Crippen LogP contribution in [0.1, 0.15) is 40.6 Å². The second-order valence-electron chi connectivity index (χ2n) is 6.63. The van der Waals surface area contributed by atoms with Gasteiger partial charge < -0.3 is 14.8 Å². The lowest BCUT2D eigenvalue weighted by atomic mass is 10.2. The number of amides is 1. The van der Waals surface area contributed by atoms with Gasteiger partial charge in [-0.05, 0) is 52.3 Å². The number of carbonyl (C=O) groups excluding carboxylic acids is 2. The Kier molecular flexibility index (Phi) is 6.12. The van der Waals surface area contributed by atoms with E-state index in [4.69, 9.17) is 9.47 Å². The summed E-state index contributed by atoms with van der Waals surface area (Å²) in [6, 6.07) is 7.46. The fourth-order valence-electron chi connectivity index (χ4n) is 2.93. The summed E-state index contributed by atoms with van der Waals surface area (Å²) in [6.45, 7) is 9.18. The van der Waals surface area contributed by atoms with E-state index in [1.807, 2.05) is 32.0 Å². The first-order chi connectivity index (χ1) is 13.8. The number of nitrogens with one attached hydrogen (secondary N) is 1. The van der Waals surface area contributed by atoms with E-state index in [9.17, 15) is 9.59 Å². The highest BCUT2D eigenvalue weighted by molar-refractivity contribution is 7.21. The predicted molar refractivity (Wildman–Crippen MR) is 113 cm³/mol. The molecule has 1 amide bonds. The molecule has 1 atom stereocenters. The molecule has 29 heavy (non-hydrogen) atoms. The van der Waals surface area contributed by atoms with Gasteiger partial charge in [0.2, 0.25) is 0 Å². The largest absolute Gasteiger partial charge is 0.481 e. The molecule has 0 bridgehead atoms. The number of aryl methyl sites for hydroxylation is 3. The molecule has 152 valence electrons. The Balaban J connectivity index is 1.94. The van der Waals surface area contributed by atoms with E-state index >= 15 is 0 Å². The fourth-order valence-corrected chi connectivity index (χ4v) is 4.06. The molecule has 3 rings (SSSR count). The van der Waals surface area contributed by atoms with E-state index in [-0.39, 0.29) is 12.5 Å². The number of nitrogens with zero attached hydrogens (tertiary/aromatic N) is 2. The monoisotopic (exact) mass is 413 g/mol. The van der Waals surface area contributed by atoms with Crippen LogP contribution in [-0.4, -0.2) is 34.6 Å². The second kappa shape index (κ2) is 8.57. The van der Waals surface area contributed by atoms with E-state index in [1.54, 1.807) is 26.8 Å². The molecule has 8 heteroatoms. The van der Waals surface area contributed by atoms with Gasteiger partial charge in [0.15, 0.2) is 6.10 Å². The number of aromatic nitrogens is 2. The van der Waals surface area contributed by atoms with E-state index in [2.05, 4.69) is 15.3 Å². The highest BCUT2D eigenvalue weighted by Crippen LogP contribution is 2.37. The number of esters is 1. The number of carbonyl (C=O) groups is 2. The smallest absolute Gasteiger partial charge is 0.350 e. The summed E-state index contributed by atoms with van der Waals surface area (Å²) >= 11 is 1.18. The van der Waals surface area contributed by atoms with Crippen LogP contribution in [0.2, 0.25) is 0 Å². The Hall–Kier alpha value is -3.00. The van der Waals surface area contributed by atoms with Crippen molar-refractivity contribution in [1.29, 1.82) is 0 Å². The molecule has 0 saturated heterocycles. The van der Waals surface area contributed by atoms with E-state index in [0.717, 1.165) is 5.56 Å². The first-order valence-electron chi connectivity index (χ1n) is 9.29. The Bertz CT molecular complexity index is 1080. The lowest BCUT2D eigenvalue weighted by Gasteiger charge is -2.15. The van der Waals surface area contributed by atoms with Crippen molar-refractivity contribution in [3.8, 4) is 5.75 Å². The van der Waals surface area contributed by atoms with Gasteiger partial charge in [-0.25, -0.2) is 14.8 Å². The SMILES string of the molecule is CCOC(=O)c1sc2nc(C)nc(C)c2c1NC(=O)C(C)Oc1cccc(C)c1. The Morgan fingerprint density at radius 3 is 2.66 bits per heavy atom. The van der Waals surface area contributed by atoms with Crippen LogP contribution >= 0.6 is 11.3 Å². The summed E-state index contributed by atoms with van der Waals surface area (Å²) in [5.41, 5.74) is 2.08. The van der Waals surface area contributed by atoms with Gasteiger partial charge in [-0.15, -0.1) is 11.3 Å². The van der Waals surface area contributed by atoms with Crippen molar-refractivity contribution in [1.82, 2.24) is 9.97 Å². The van der Waals surface area contributed by atoms with Gasteiger partial charge in [0.05, 0.1) is 23.4 Å². The maximum atomic E-state index is 12.8. The Morgan fingerprint density at radius 2 is 1.97 bits per heavy atom. The van der Waals surface area contributed by atoms with Gasteiger partial charge in [0.1, 0.15) is 21.3 Å². The van der Waals surface area contributed by atoms with Crippen LogP contribution in [0.15, 0.2) is 24.3 Å². The van der Waals surface area contributed by atoms with Gasteiger partial charge in [0.25, 0.3) is 5.91 Å². The molecule has 1 N–H and O–H groups in total. The average Bonchev–Trinajstić information content (AvgIpc) is 3.00. The van der Waals surface area contributed by atoms with Crippen molar-refractivity contribution in [3.05, 3.63) is 46.2 Å². The maximum Gasteiger partial charge on any atom is 0.350 e. The maximum absolute atomic E-state index is 12.8. The number of fused-ring (bicyclic) bond motifs is 1. The summed E-state index contributed by atoms with van der Waals surface area (Å²) in [7, 11) is 0. The van der Waals surface area contributed by atoms with Crippen LogP contribution < -0.4 is 10.1 Å². The van der Waals surface area contributed by atoms with Gasteiger partial charge in [-0.1, -0.05) is 12.1 Å². The molecule has 2 aromatic heterocycles. The molecule has 3 aromatic rings. The van der Waals surface area contributed by atoms with Crippen LogP contribution in [0, 0.1) is 20.8 Å². The molecule has 0 aliphatic rings. The molecule has 0 spiro atoms. The predicted octanol–water partition coefficient (Wildman–Crippen LogP) is 4.20. The Morgan fingerprint density at radius 1 is 1.21 bits per heavy atom. The summed E-state index contributed by atoms with van der Waals surface area (Å²) < 4.78 is 10.9. The van der Waals surface area contributed by atoms with Gasteiger partial charge >= 0.3 is 5.97 Å². The lowest BCUT2D eigenvalue weighted by Crippen LogP contribution is -2.30. The highest BCUT2D eigenvalue weighted by Gasteiger charge is 2.26. The molecule has 0 fully saturated rings. The number of hydrogen-bond donors (Lipinski definition) is 1. The second-order valence-corrected chi connectivity index (χ2v) is 7.63. The third-order valence-corrected chi connectivity index (χ3v) is 5.29. The molecule has 1 unspecified atom stereocenters. The molecule has 1 aromatic carbocycles.